The number of amides is 12. The smallest absolute Gasteiger partial charge is 0.410 e. The molecule has 1 unspecified atom stereocenters. The lowest BCUT2D eigenvalue weighted by atomic mass is 9.89. The number of nitrogens with zero attached hydrogens (tertiary/aromatic N) is 4. The van der Waals surface area contributed by atoms with Crippen LogP contribution in [0.4, 0.5) is 15.3 Å². The summed E-state index contributed by atoms with van der Waals surface area (Å²) >= 11 is 0. The SMILES string of the molecule is CC[C@H](C)[C@@H]([C@@H](CC(=O)N1CCC[C@H]1[C@H](OC)[C@@H](C)C(=O)N[C@@H](C)[C@H](O)c1ccccc1)OC)N(C)C(=O)[C@@H](NC(=O)[C@H](C(C)C)N(C)C(=O)OCc1ccc(NC(=O)[C@H](CCCNC(N)=O)NC(=O)[C@@H](NC(=O)CCCCCN2C(=O)CC(c3ccccccccc3)C2=O)C(C)C)cc1)C(C)C. The molecular formula is C78H115N11O15. The molecule has 2 aliphatic heterocycles. The summed E-state index contributed by atoms with van der Waals surface area (Å²) < 4.78 is 17.8. The van der Waals surface area contributed by atoms with Gasteiger partial charge in [-0.3, -0.25) is 53.0 Å². The molecular weight excluding hydrogens is 1330 g/mol. The van der Waals surface area contributed by atoms with Crippen molar-refractivity contribution in [1.82, 2.24) is 46.2 Å². The molecule has 0 spiro atoms. The third-order valence-corrected chi connectivity index (χ3v) is 19.7. The summed E-state index contributed by atoms with van der Waals surface area (Å²) in [7, 11) is 6.08. The van der Waals surface area contributed by atoms with Gasteiger partial charge in [0.05, 0.1) is 54.7 Å². The highest BCUT2D eigenvalue weighted by Crippen LogP contribution is 2.32. The Morgan fingerprint density at radius 3 is 1.88 bits per heavy atom. The number of primary amides is 1. The third-order valence-electron chi connectivity index (χ3n) is 19.7. The maximum absolute atomic E-state index is 14.9. The van der Waals surface area contributed by atoms with Gasteiger partial charge in [-0.2, -0.15) is 0 Å². The number of hydrogen-bond donors (Lipinski definition) is 8. The van der Waals surface area contributed by atoms with Gasteiger partial charge in [-0.05, 0) is 97.9 Å². The molecule has 12 amide bonds. The number of rotatable bonds is 39. The molecule has 0 radical (unpaired) electrons. The number of methoxy groups -OCH3 is 2. The molecule has 0 saturated carbocycles. The first-order chi connectivity index (χ1) is 49.4. The van der Waals surface area contributed by atoms with Gasteiger partial charge in [0.15, 0.2) is 0 Å². The number of unbranched alkanes of at least 4 members (excludes halogenated alkanes) is 2. The van der Waals surface area contributed by atoms with Gasteiger partial charge in [0.2, 0.25) is 53.2 Å². The number of nitrogens with one attached hydrogen (secondary N) is 6. The van der Waals surface area contributed by atoms with Gasteiger partial charge in [0.25, 0.3) is 0 Å². The van der Waals surface area contributed by atoms with Crippen LogP contribution in [0.2, 0.25) is 0 Å². The maximum Gasteiger partial charge on any atom is 0.410 e. The summed E-state index contributed by atoms with van der Waals surface area (Å²) in [6, 6.07) is 25.3. The van der Waals surface area contributed by atoms with Crippen molar-refractivity contribution in [1.29, 1.82) is 0 Å². The van der Waals surface area contributed by atoms with Gasteiger partial charge in [0, 0.05) is 66.5 Å². The molecule has 3 aromatic carbocycles. The van der Waals surface area contributed by atoms with Crippen LogP contribution in [0.5, 0.6) is 0 Å². The van der Waals surface area contributed by atoms with Crippen molar-refractivity contribution in [3.05, 3.63) is 126 Å². The Bertz CT molecular complexity index is 3370. The Morgan fingerprint density at radius 2 is 1.29 bits per heavy atom. The van der Waals surface area contributed by atoms with E-state index in [1.807, 2.05) is 86.6 Å². The highest BCUT2D eigenvalue weighted by Gasteiger charge is 2.45. The van der Waals surface area contributed by atoms with E-state index >= 15 is 0 Å². The molecule has 26 heteroatoms. The third kappa shape index (κ3) is 25.1. The zero-order chi connectivity index (χ0) is 76.9. The number of carbonyl (C=O) groups is 11. The number of urea groups is 1. The Balaban J connectivity index is 1.15. The number of benzene rings is 2. The quantitative estimate of drug-likeness (QED) is 0.0199. The van der Waals surface area contributed by atoms with E-state index in [1.165, 1.54) is 31.1 Å². The summed E-state index contributed by atoms with van der Waals surface area (Å²) in [5.41, 5.74) is 7.54. The molecule has 9 N–H and O–H groups in total. The van der Waals surface area contributed by atoms with Gasteiger partial charge in [-0.25, -0.2) is 9.59 Å². The lowest BCUT2D eigenvalue weighted by Gasteiger charge is -2.41. The van der Waals surface area contributed by atoms with E-state index < -0.39 is 132 Å². The molecule has 2 aliphatic rings. The van der Waals surface area contributed by atoms with E-state index in [4.69, 9.17) is 19.9 Å². The van der Waals surface area contributed by atoms with Crippen molar-refractivity contribution in [2.75, 3.05) is 53.3 Å². The second-order valence-electron chi connectivity index (χ2n) is 28.4. The maximum atomic E-state index is 14.9. The number of imide groups is 1. The standard InChI is InChI=1S/C78H115N11O15/c1-15-51(8)68(61(102-13)46-64(92)88-44-30-36-60(88)70(103-14)52(9)71(94)81-53(10)69(93)56-33-25-21-26-34-56)86(11)76(99)66(49(4)5)85-74(97)67(50(6)7)87(12)78(101)104-47-54-38-40-57(41-39-54)82-72(95)59(35-29-42-80-77(79)100)83-73(96)65(48(2)3)84-62(90)37-27-22-28-43-89-63(91)45-58(75(89)98)55-31-23-19-17-16-18-20-24-32-55/h16-21,23-26,31-34,38-41,48-53,58-61,65-70,93H,15,22,27-30,35-37,42-47H2,1-14H3,(H,81,94)(H,82,95)(H,83,96)(H,84,90)(H,85,97)(H3,79,80,100)/t51-,52+,53-,58?,59-,60-,61+,65-,66-,67-,68-,69-,70+/m0/s1. The second kappa shape index (κ2) is 42.7. The van der Waals surface area contributed by atoms with Crippen molar-refractivity contribution < 1.29 is 72.1 Å². The summed E-state index contributed by atoms with van der Waals surface area (Å²) in [4.78, 5) is 156. The van der Waals surface area contributed by atoms with Crippen LogP contribution in [0.1, 0.15) is 169 Å². The summed E-state index contributed by atoms with van der Waals surface area (Å²) in [6.07, 6.45) is 0.476. The van der Waals surface area contributed by atoms with Crippen LogP contribution < -0.4 is 37.6 Å². The van der Waals surface area contributed by atoms with Gasteiger partial charge >= 0.3 is 12.1 Å². The van der Waals surface area contributed by atoms with Crippen LogP contribution in [0.25, 0.3) is 0 Å². The number of hydrogen-bond acceptors (Lipinski definition) is 15. The van der Waals surface area contributed by atoms with Crippen molar-refractivity contribution in [2.45, 2.75) is 213 Å². The Labute approximate surface area is 614 Å². The number of nitrogens with two attached hydrogens (primary N) is 1. The van der Waals surface area contributed by atoms with Crippen molar-refractivity contribution in [3.8, 4) is 0 Å². The average Bonchev–Trinajstić information content (AvgIpc) is 1.49. The van der Waals surface area contributed by atoms with Crippen LogP contribution in [-0.4, -0.2) is 192 Å². The fraction of sp³-hybridized carbons (Fsp3) is 0.577. The molecule has 0 aliphatic carbocycles. The van der Waals surface area contributed by atoms with E-state index in [2.05, 4.69) is 31.9 Å². The van der Waals surface area contributed by atoms with Crippen LogP contribution >= 0.6 is 0 Å². The van der Waals surface area contributed by atoms with Crippen LogP contribution in [0.15, 0.2) is 109 Å². The molecule has 104 heavy (non-hydrogen) atoms. The summed E-state index contributed by atoms with van der Waals surface area (Å²) in [6.45, 7) is 18.6. The first-order valence-electron chi connectivity index (χ1n) is 36.6. The van der Waals surface area contributed by atoms with Crippen LogP contribution in [0.3, 0.4) is 0 Å². The molecule has 2 saturated heterocycles. The van der Waals surface area contributed by atoms with Crippen LogP contribution in [0, 0.1) is 29.6 Å². The lowest BCUT2D eigenvalue weighted by Crippen LogP contribution is -2.60. The highest BCUT2D eigenvalue weighted by molar-refractivity contribution is 6.06. The molecule has 3 aromatic rings. The topological polar surface area (TPSA) is 347 Å². The molecule has 0 bridgehead atoms. The number of ether oxygens (including phenoxy) is 3. The fourth-order valence-corrected chi connectivity index (χ4v) is 13.5. The minimum absolute atomic E-state index is 0.0684. The number of aliphatic hydroxyl groups excluding tert-OH is 1. The summed E-state index contributed by atoms with van der Waals surface area (Å²) in [5.74, 6) is -6.41. The first-order valence-corrected chi connectivity index (χ1v) is 36.6. The minimum atomic E-state index is -1.13. The molecule has 0 aromatic heterocycles. The molecule has 2 fully saturated rings. The van der Waals surface area contributed by atoms with Gasteiger partial charge in [-0.1, -0.05) is 172 Å². The van der Waals surface area contributed by atoms with Crippen molar-refractivity contribution >= 4 is 71.0 Å². The van der Waals surface area contributed by atoms with Crippen LogP contribution in [-0.2, 0) is 64.0 Å². The lowest BCUT2D eigenvalue weighted by molar-refractivity contribution is -0.148. The van der Waals surface area contributed by atoms with Gasteiger partial charge in [-0.15, -0.1) is 0 Å². The first kappa shape index (κ1) is 85.6. The Morgan fingerprint density at radius 1 is 0.673 bits per heavy atom. The zero-order valence-electron chi connectivity index (χ0n) is 63.3. The van der Waals surface area contributed by atoms with Gasteiger partial charge < -0.3 is 66.8 Å². The average molecular weight is 1450 g/mol. The van der Waals surface area contributed by atoms with E-state index in [0.29, 0.717) is 61.9 Å². The monoisotopic (exact) mass is 1450 g/mol. The van der Waals surface area contributed by atoms with E-state index in [-0.39, 0.29) is 81.3 Å². The number of carbonyl (C=O) groups excluding carboxylic acids is 11. The molecule has 5 rings (SSSR count). The highest BCUT2D eigenvalue weighted by atomic mass is 16.6. The number of anilines is 1. The Kier molecular flexibility index (Phi) is 35.1. The zero-order valence-corrected chi connectivity index (χ0v) is 63.3. The fourth-order valence-electron chi connectivity index (χ4n) is 13.5. The molecule has 572 valence electrons. The molecule has 13 atom stereocenters. The molecule has 26 nitrogen and oxygen atoms in total. The Hall–Kier alpha value is -9.01. The van der Waals surface area contributed by atoms with Gasteiger partial charge in [0.1, 0.15) is 30.8 Å². The second-order valence-corrected chi connectivity index (χ2v) is 28.4. The minimum Gasteiger partial charge on any atom is -0.445 e. The van der Waals surface area contributed by atoms with Crippen molar-refractivity contribution in [3.63, 3.8) is 0 Å². The largest absolute Gasteiger partial charge is 0.445 e. The predicted octanol–water partition coefficient (Wildman–Crippen LogP) is 7.82. The van der Waals surface area contributed by atoms with E-state index in [1.54, 1.807) is 109 Å². The number of aliphatic hydroxyl groups is 1. The summed E-state index contributed by atoms with van der Waals surface area (Å²) in [5, 5.41) is 27.7. The van der Waals surface area contributed by atoms with Crippen molar-refractivity contribution in [2.24, 2.45) is 35.3 Å². The van der Waals surface area contributed by atoms with E-state index in [9.17, 15) is 57.8 Å². The normalized spacial score (nSPS) is 17.6. The number of likely N-dealkylation sites (tertiary alicyclic amines) is 2. The number of likely N-dealkylation sites (N-methyl/N-ethyl adjacent to an activating group) is 2. The predicted molar refractivity (Wildman–Crippen MR) is 396 cm³/mol. The molecule has 2 heterocycles. The van der Waals surface area contributed by atoms with E-state index in [0.717, 1.165) is 5.56 Å².